The van der Waals surface area contributed by atoms with Crippen LogP contribution in [0.15, 0.2) is 24.3 Å². The summed E-state index contributed by atoms with van der Waals surface area (Å²) in [5.41, 5.74) is 7.36. The molecule has 0 aliphatic rings. The molecule has 0 atom stereocenters. The highest BCUT2D eigenvalue weighted by atomic mass is 14.4. The fourth-order valence-electron chi connectivity index (χ4n) is 1.01. The third kappa shape index (κ3) is 3.54. The van der Waals surface area contributed by atoms with Crippen molar-refractivity contribution in [1.29, 1.82) is 0 Å². The van der Waals surface area contributed by atoms with Gasteiger partial charge in [-0.1, -0.05) is 38.1 Å². The summed E-state index contributed by atoms with van der Waals surface area (Å²) in [6.45, 7) is 4.36. The maximum absolute atomic E-state index is 4.50. The summed E-state index contributed by atoms with van der Waals surface area (Å²) in [7, 11) is 1.50. The Kier molecular flexibility index (Phi) is 6.39. The lowest BCUT2D eigenvalue weighted by molar-refractivity contribution is 1.10. The number of nitrogens with two attached hydrogens (primary N) is 1. The van der Waals surface area contributed by atoms with Gasteiger partial charge in [0.1, 0.15) is 0 Å². The first-order valence-electron chi connectivity index (χ1n) is 4.52. The predicted molar refractivity (Wildman–Crippen MR) is 55.3 cm³/mol. The number of rotatable bonds is 2. The van der Waals surface area contributed by atoms with E-state index < -0.39 is 0 Å². The number of aryl methyl sites for hydroxylation is 2. The average Bonchev–Trinajstić information content (AvgIpc) is 2.21. The van der Waals surface area contributed by atoms with E-state index in [1.54, 1.807) is 0 Å². The molecular weight excluding hydrogens is 146 g/mol. The minimum Gasteiger partial charge on any atom is -0.333 e. The van der Waals surface area contributed by atoms with Gasteiger partial charge in [-0.15, -0.1) is 0 Å². The summed E-state index contributed by atoms with van der Waals surface area (Å²) in [6.07, 6.45) is 2.29. The van der Waals surface area contributed by atoms with Crippen molar-refractivity contribution < 1.29 is 0 Å². The van der Waals surface area contributed by atoms with Crippen molar-refractivity contribution in [2.24, 2.45) is 5.73 Å². The fourth-order valence-corrected chi connectivity index (χ4v) is 1.01. The van der Waals surface area contributed by atoms with Gasteiger partial charge < -0.3 is 5.73 Å². The van der Waals surface area contributed by atoms with Crippen LogP contribution in [0.25, 0.3) is 0 Å². The lowest BCUT2D eigenvalue weighted by Crippen LogP contribution is -1.81. The minimum absolute atomic E-state index is 1.14. The second kappa shape index (κ2) is 6.86. The van der Waals surface area contributed by atoms with E-state index in [0.717, 1.165) is 12.8 Å². The van der Waals surface area contributed by atoms with E-state index in [2.05, 4.69) is 43.8 Å². The highest BCUT2D eigenvalue weighted by molar-refractivity contribution is 5.22. The molecule has 1 aromatic rings. The minimum atomic E-state index is 1.14. The zero-order chi connectivity index (χ0) is 9.40. The van der Waals surface area contributed by atoms with Crippen LogP contribution in [0, 0.1) is 0 Å². The second-order valence-corrected chi connectivity index (χ2v) is 2.52. The molecule has 1 rings (SSSR count). The van der Waals surface area contributed by atoms with Crippen molar-refractivity contribution in [2.45, 2.75) is 26.7 Å². The Labute approximate surface area is 75.6 Å². The molecule has 12 heavy (non-hydrogen) atoms. The summed E-state index contributed by atoms with van der Waals surface area (Å²) in [4.78, 5) is 0. The van der Waals surface area contributed by atoms with E-state index in [9.17, 15) is 0 Å². The lowest BCUT2D eigenvalue weighted by atomic mass is 10.1. The SMILES string of the molecule is CCc1ccc(CC)cc1.CN. The van der Waals surface area contributed by atoms with E-state index in [1.807, 2.05) is 0 Å². The topological polar surface area (TPSA) is 26.0 Å². The summed E-state index contributed by atoms with van der Waals surface area (Å²) < 4.78 is 0. The van der Waals surface area contributed by atoms with Crippen LogP contribution in [-0.4, -0.2) is 7.05 Å². The summed E-state index contributed by atoms with van der Waals surface area (Å²) in [6, 6.07) is 8.83. The Morgan fingerprint density at radius 3 is 1.25 bits per heavy atom. The fraction of sp³-hybridized carbons (Fsp3) is 0.455. The van der Waals surface area contributed by atoms with Gasteiger partial charge in [0.05, 0.1) is 0 Å². The van der Waals surface area contributed by atoms with Crippen LogP contribution < -0.4 is 5.73 Å². The van der Waals surface area contributed by atoms with E-state index in [-0.39, 0.29) is 0 Å². The maximum Gasteiger partial charge on any atom is -0.0195 e. The van der Waals surface area contributed by atoms with Gasteiger partial charge in [0, 0.05) is 0 Å². The van der Waals surface area contributed by atoms with Crippen LogP contribution in [0.1, 0.15) is 25.0 Å². The predicted octanol–water partition coefficient (Wildman–Crippen LogP) is 2.39. The van der Waals surface area contributed by atoms with Crippen LogP contribution in [0.5, 0.6) is 0 Å². The molecule has 0 amide bonds. The molecule has 0 aliphatic carbocycles. The van der Waals surface area contributed by atoms with Crippen LogP contribution >= 0.6 is 0 Å². The molecule has 0 saturated heterocycles. The zero-order valence-corrected chi connectivity index (χ0v) is 8.30. The van der Waals surface area contributed by atoms with E-state index in [4.69, 9.17) is 0 Å². The molecule has 0 aliphatic heterocycles. The molecule has 0 saturated carbocycles. The first kappa shape index (κ1) is 11.2. The first-order valence-corrected chi connectivity index (χ1v) is 4.52. The number of benzene rings is 1. The van der Waals surface area contributed by atoms with Crippen molar-refractivity contribution in [2.75, 3.05) is 7.05 Å². The Morgan fingerprint density at radius 1 is 0.833 bits per heavy atom. The van der Waals surface area contributed by atoms with E-state index >= 15 is 0 Å². The van der Waals surface area contributed by atoms with Gasteiger partial charge in [-0.3, -0.25) is 0 Å². The van der Waals surface area contributed by atoms with E-state index in [0.29, 0.717) is 0 Å². The third-order valence-corrected chi connectivity index (χ3v) is 1.84. The molecule has 0 radical (unpaired) electrons. The Hall–Kier alpha value is -0.820. The summed E-state index contributed by atoms with van der Waals surface area (Å²) in [5, 5.41) is 0. The van der Waals surface area contributed by atoms with Crippen molar-refractivity contribution in [3.8, 4) is 0 Å². The highest BCUT2D eigenvalue weighted by Crippen LogP contribution is 2.04. The van der Waals surface area contributed by atoms with Crippen molar-refractivity contribution >= 4 is 0 Å². The number of hydrogen-bond acceptors (Lipinski definition) is 1. The Morgan fingerprint density at radius 2 is 1.08 bits per heavy atom. The molecule has 68 valence electrons. The molecule has 1 nitrogen and oxygen atoms in total. The van der Waals surface area contributed by atoms with Crippen LogP contribution in [0.4, 0.5) is 0 Å². The molecule has 0 aromatic heterocycles. The third-order valence-electron chi connectivity index (χ3n) is 1.84. The van der Waals surface area contributed by atoms with Crippen LogP contribution in [0.2, 0.25) is 0 Å². The van der Waals surface area contributed by atoms with Crippen molar-refractivity contribution in [3.05, 3.63) is 35.4 Å². The highest BCUT2D eigenvalue weighted by Gasteiger charge is 1.88. The molecule has 2 N–H and O–H groups in total. The summed E-state index contributed by atoms with van der Waals surface area (Å²) >= 11 is 0. The lowest BCUT2D eigenvalue weighted by Gasteiger charge is -1.97. The molecule has 1 aromatic carbocycles. The van der Waals surface area contributed by atoms with Gasteiger partial charge in [0.25, 0.3) is 0 Å². The van der Waals surface area contributed by atoms with Gasteiger partial charge in [-0.05, 0) is 31.0 Å². The molecular formula is C11H19N. The molecule has 1 heteroatoms. The van der Waals surface area contributed by atoms with Gasteiger partial charge in [-0.2, -0.15) is 0 Å². The van der Waals surface area contributed by atoms with E-state index in [1.165, 1.54) is 18.2 Å². The smallest absolute Gasteiger partial charge is 0.0195 e. The zero-order valence-electron chi connectivity index (χ0n) is 8.30. The van der Waals surface area contributed by atoms with Crippen molar-refractivity contribution in [1.82, 2.24) is 0 Å². The molecule has 0 spiro atoms. The standard InChI is InChI=1S/C10H14.CH5N/c1-3-9-5-7-10(4-2)8-6-9;1-2/h5-8H,3-4H2,1-2H3;2H2,1H3. The van der Waals surface area contributed by atoms with Gasteiger partial charge in [-0.25, -0.2) is 0 Å². The monoisotopic (exact) mass is 165 g/mol. The second-order valence-electron chi connectivity index (χ2n) is 2.52. The maximum atomic E-state index is 4.50. The summed E-state index contributed by atoms with van der Waals surface area (Å²) in [5.74, 6) is 0. The van der Waals surface area contributed by atoms with Crippen LogP contribution in [0.3, 0.4) is 0 Å². The van der Waals surface area contributed by atoms with Crippen molar-refractivity contribution in [3.63, 3.8) is 0 Å². The number of hydrogen-bond donors (Lipinski definition) is 1. The Balaban J connectivity index is 0.000000561. The molecule has 0 fully saturated rings. The van der Waals surface area contributed by atoms with Gasteiger partial charge >= 0.3 is 0 Å². The van der Waals surface area contributed by atoms with Gasteiger partial charge in [0.15, 0.2) is 0 Å². The average molecular weight is 165 g/mol. The quantitative estimate of drug-likeness (QED) is 0.715. The molecule has 0 heterocycles. The largest absolute Gasteiger partial charge is 0.333 e. The first-order chi connectivity index (χ1) is 5.86. The Bertz CT molecular complexity index is 166. The molecule has 0 bridgehead atoms. The molecule has 0 unspecified atom stereocenters. The van der Waals surface area contributed by atoms with Crippen LogP contribution in [-0.2, 0) is 12.8 Å². The normalized spacial score (nSPS) is 8.67. The van der Waals surface area contributed by atoms with Gasteiger partial charge in [0.2, 0.25) is 0 Å².